The summed E-state index contributed by atoms with van der Waals surface area (Å²) in [5.41, 5.74) is 12.1. The fourth-order valence-electron chi connectivity index (χ4n) is 7.89. The minimum absolute atomic E-state index is 0.00779. The van der Waals surface area contributed by atoms with Gasteiger partial charge >= 0.3 is 0 Å². The van der Waals surface area contributed by atoms with E-state index in [0.29, 0.717) is 71.4 Å². The second-order valence-electron chi connectivity index (χ2n) is 14.1. The quantitative estimate of drug-likeness (QED) is 0.288. The van der Waals surface area contributed by atoms with Crippen LogP contribution in [0.15, 0.2) is 72.8 Å². The van der Waals surface area contributed by atoms with E-state index in [1.165, 1.54) is 24.0 Å². The smallest absolute Gasteiger partial charge is 0.257 e. The van der Waals surface area contributed by atoms with Crippen molar-refractivity contribution in [1.82, 2.24) is 9.80 Å². The first-order valence-corrected chi connectivity index (χ1v) is 17.8. The first kappa shape index (κ1) is 35.0. The molecule has 0 radical (unpaired) electrons. The zero-order valence-electron chi connectivity index (χ0n) is 30.5. The lowest BCUT2D eigenvalue weighted by Crippen LogP contribution is -2.50. The van der Waals surface area contributed by atoms with Crippen molar-refractivity contribution in [2.45, 2.75) is 44.1 Å². The van der Waals surface area contributed by atoms with Gasteiger partial charge in [-0.05, 0) is 34.4 Å². The van der Waals surface area contributed by atoms with Crippen molar-refractivity contribution in [2.24, 2.45) is 5.73 Å². The van der Waals surface area contributed by atoms with Crippen LogP contribution in [-0.2, 0) is 35.5 Å². The van der Waals surface area contributed by atoms with Crippen LogP contribution in [0.4, 0.5) is 11.4 Å². The maximum Gasteiger partial charge on any atom is 0.257 e. The second kappa shape index (κ2) is 13.7. The van der Waals surface area contributed by atoms with E-state index in [9.17, 15) is 19.2 Å². The molecule has 0 bridgehead atoms. The third-order valence-electron chi connectivity index (χ3n) is 10.9. The average molecular weight is 732 g/mol. The molecule has 0 unspecified atom stereocenters. The van der Waals surface area contributed by atoms with Gasteiger partial charge in [-0.25, -0.2) is 0 Å². The molecule has 13 heteroatoms. The van der Waals surface area contributed by atoms with Crippen molar-refractivity contribution in [3.8, 4) is 23.0 Å². The summed E-state index contributed by atoms with van der Waals surface area (Å²) in [5.74, 6) is 0.339. The van der Waals surface area contributed by atoms with Crippen molar-refractivity contribution in [2.75, 3.05) is 51.3 Å². The Morgan fingerprint density at radius 1 is 0.611 bits per heavy atom. The van der Waals surface area contributed by atoms with Crippen molar-refractivity contribution >= 4 is 35.0 Å². The number of hydrogen-bond donors (Lipinski definition) is 1. The monoisotopic (exact) mass is 731 g/mol. The molecule has 4 aliphatic rings. The Morgan fingerprint density at radius 2 is 1.00 bits per heavy atom. The number of nitrogens with zero attached hydrogens (tertiary/aromatic N) is 4. The Bertz CT molecular complexity index is 2050. The van der Waals surface area contributed by atoms with Crippen LogP contribution in [0.1, 0.15) is 43.0 Å². The number of amides is 4. The van der Waals surface area contributed by atoms with Gasteiger partial charge in [-0.1, -0.05) is 48.5 Å². The lowest BCUT2D eigenvalue weighted by atomic mass is 9.93. The Labute approximate surface area is 312 Å². The summed E-state index contributed by atoms with van der Waals surface area (Å²) in [6, 6.07) is 20.3. The largest absolute Gasteiger partial charge is 0.493 e. The summed E-state index contributed by atoms with van der Waals surface area (Å²) in [6.45, 7) is 0.651. The van der Waals surface area contributed by atoms with Crippen molar-refractivity contribution in [3.63, 3.8) is 0 Å². The molecule has 0 saturated carbocycles. The van der Waals surface area contributed by atoms with Gasteiger partial charge in [0.2, 0.25) is 11.8 Å². The maximum atomic E-state index is 13.9. The fourth-order valence-corrected chi connectivity index (χ4v) is 7.89. The van der Waals surface area contributed by atoms with E-state index in [1.54, 1.807) is 48.2 Å². The minimum Gasteiger partial charge on any atom is -0.493 e. The van der Waals surface area contributed by atoms with Crippen LogP contribution in [0.5, 0.6) is 23.0 Å². The van der Waals surface area contributed by atoms with E-state index in [4.69, 9.17) is 24.7 Å². The third kappa shape index (κ3) is 5.84. The Balaban J connectivity index is 0.987. The van der Waals surface area contributed by atoms with Gasteiger partial charge in [-0.2, -0.15) is 0 Å². The minimum atomic E-state index is -0.654. The van der Waals surface area contributed by atoms with Gasteiger partial charge in [0, 0.05) is 52.2 Å². The molecule has 4 aliphatic heterocycles. The Kier molecular flexibility index (Phi) is 8.89. The van der Waals surface area contributed by atoms with Crippen LogP contribution >= 0.6 is 0 Å². The van der Waals surface area contributed by atoms with Crippen LogP contribution in [0.25, 0.3) is 0 Å². The highest BCUT2D eigenvalue weighted by molar-refractivity contribution is 6.12. The molecule has 2 atom stereocenters. The summed E-state index contributed by atoms with van der Waals surface area (Å²) in [6.07, 6.45) is 0.861. The number of nitrogens with two attached hydrogens (primary N) is 1. The van der Waals surface area contributed by atoms with Crippen molar-refractivity contribution in [1.29, 1.82) is 0 Å². The predicted molar refractivity (Wildman–Crippen MR) is 199 cm³/mol. The molecule has 13 nitrogen and oxygen atoms in total. The topological polar surface area (TPSA) is 144 Å². The van der Waals surface area contributed by atoms with E-state index in [0.717, 1.165) is 22.3 Å². The van der Waals surface area contributed by atoms with Gasteiger partial charge in [0.25, 0.3) is 11.8 Å². The van der Waals surface area contributed by atoms with E-state index in [-0.39, 0.29) is 36.8 Å². The lowest BCUT2D eigenvalue weighted by molar-refractivity contribution is -0.123. The average Bonchev–Trinajstić information content (AvgIpc) is 3.32. The summed E-state index contributed by atoms with van der Waals surface area (Å²) in [5, 5.41) is 0. The van der Waals surface area contributed by atoms with Crippen molar-refractivity contribution in [3.05, 3.63) is 106 Å². The molecule has 0 saturated heterocycles. The first-order chi connectivity index (χ1) is 26.1. The van der Waals surface area contributed by atoms with Gasteiger partial charge in [-0.15, -0.1) is 0 Å². The fraction of sp³-hybridized carbons (Fsp3) is 0.317. The van der Waals surface area contributed by atoms with Crippen LogP contribution in [0.2, 0.25) is 0 Å². The molecule has 278 valence electrons. The number of likely N-dealkylation sites (N-methyl/N-ethyl adjacent to an activating group) is 2. The number of carbonyl (C=O) groups excluding carboxylic acids is 4. The second-order valence-corrected chi connectivity index (χ2v) is 14.1. The number of anilines is 2. The molecule has 0 spiro atoms. The SMILES string of the molecule is COc1cc2c(cc1OCC(N)COc1cc3c(cc1OC)C(=O)N1Cc4ccccc4C[C@H]1C(=O)N3C)N(C)C(=O)[C@@H]1Cc3ccccc3CN1C2=O. The highest BCUT2D eigenvalue weighted by Crippen LogP contribution is 2.41. The van der Waals surface area contributed by atoms with Crippen LogP contribution < -0.4 is 34.5 Å². The molecule has 54 heavy (non-hydrogen) atoms. The number of ether oxygens (including phenoxy) is 4. The third-order valence-corrected chi connectivity index (χ3v) is 10.9. The van der Waals surface area contributed by atoms with Gasteiger partial charge in [0.05, 0.1) is 42.8 Å². The molecule has 0 fully saturated rings. The van der Waals surface area contributed by atoms with E-state index >= 15 is 0 Å². The highest BCUT2D eigenvalue weighted by Gasteiger charge is 2.43. The number of methoxy groups -OCH3 is 2. The zero-order valence-corrected chi connectivity index (χ0v) is 30.5. The van der Waals surface area contributed by atoms with Crippen molar-refractivity contribution < 1.29 is 38.1 Å². The van der Waals surface area contributed by atoms with Crippen LogP contribution in [0.3, 0.4) is 0 Å². The predicted octanol–water partition coefficient (Wildman–Crippen LogP) is 3.58. The maximum absolute atomic E-state index is 13.9. The normalized spacial score (nSPS) is 18.9. The molecule has 4 aromatic carbocycles. The van der Waals surface area contributed by atoms with Gasteiger partial charge in [0.1, 0.15) is 25.3 Å². The van der Waals surface area contributed by atoms with Crippen LogP contribution in [0, 0.1) is 0 Å². The van der Waals surface area contributed by atoms with E-state index < -0.39 is 18.1 Å². The molecule has 8 rings (SSSR count). The number of rotatable bonds is 8. The molecule has 4 amide bonds. The van der Waals surface area contributed by atoms with E-state index in [1.807, 2.05) is 48.5 Å². The summed E-state index contributed by atoms with van der Waals surface area (Å²) in [4.78, 5) is 61.6. The molecule has 4 heterocycles. The molecular weight excluding hydrogens is 690 g/mol. The summed E-state index contributed by atoms with van der Waals surface area (Å²) < 4.78 is 23.6. The highest BCUT2D eigenvalue weighted by atomic mass is 16.5. The number of hydrogen-bond acceptors (Lipinski definition) is 9. The Morgan fingerprint density at radius 3 is 1.39 bits per heavy atom. The number of benzene rings is 4. The lowest BCUT2D eigenvalue weighted by Gasteiger charge is -2.35. The zero-order chi connectivity index (χ0) is 37.8. The number of fused-ring (bicyclic) bond motifs is 6. The number of carbonyl (C=O) groups is 4. The molecule has 0 aromatic heterocycles. The Hall–Kier alpha value is -6.08. The van der Waals surface area contributed by atoms with Gasteiger partial charge < -0.3 is 44.3 Å². The molecule has 2 N–H and O–H groups in total. The summed E-state index contributed by atoms with van der Waals surface area (Å²) in [7, 11) is 6.28. The van der Waals surface area contributed by atoms with Gasteiger partial charge in [0.15, 0.2) is 23.0 Å². The van der Waals surface area contributed by atoms with Crippen LogP contribution in [-0.4, -0.2) is 93.1 Å². The standard InChI is InChI=1S/C41H41N5O8/c1-43-30-17-36(34(51-3)15-28(30)38(47)45-19-25-11-7-5-9-23(25)13-32(45)40(43)49)53-21-27(42)22-54-37-18-31-29(16-35(37)52-4)39(48)46-20-26-12-8-6-10-24(26)14-33(46)41(50)44(31)2/h5-12,15-18,27,32-33H,13-14,19-22,42H2,1-4H3/t32-,33-/m0/s1. The van der Waals surface area contributed by atoms with Gasteiger partial charge in [-0.3, -0.25) is 19.2 Å². The molecular formula is C41H41N5O8. The molecule has 4 aromatic rings. The first-order valence-electron chi connectivity index (χ1n) is 17.8. The molecule has 0 aliphatic carbocycles. The summed E-state index contributed by atoms with van der Waals surface area (Å²) >= 11 is 0. The van der Waals surface area contributed by atoms with E-state index in [2.05, 4.69) is 0 Å².